The highest BCUT2D eigenvalue weighted by molar-refractivity contribution is 7.16. The normalized spacial score (nSPS) is 10.1. The Hall–Kier alpha value is -1.19. The van der Waals surface area contributed by atoms with Crippen molar-refractivity contribution in [3.8, 4) is 5.75 Å². The average molecular weight is 254 g/mol. The molecule has 0 unspecified atom stereocenters. The molecule has 0 radical (unpaired) electrons. The van der Waals surface area contributed by atoms with Crippen LogP contribution in [0.5, 0.6) is 5.75 Å². The maximum absolute atomic E-state index is 5.86. The van der Waals surface area contributed by atoms with Crippen LogP contribution in [-0.4, -0.2) is 7.11 Å². The van der Waals surface area contributed by atoms with Crippen LogP contribution >= 0.6 is 22.9 Å². The molecule has 4 heteroatoms. The molecule has 16 heavy (non-hydrogen) atoms. The van der Waals surface area contributed by atoms with Gasteiger partial charge in [-0.15, -0.1) is 11.3 Å². The predicted octanol–water partition coefficient (Wildman–Crippen LogP) is 4.02. The van der Waals surface area contributed by atoms with Gasteiger partial charge >= 0.3 is 0 Å². The fourth-order valence-electron chi connectivity index (χ4n) is 1.34. The topological polar surface area (TPSA) is 21.3 Å². The van der Waals surface area contributed by atoms with Gasteiger partial charge in [0.15, 0.2) is 0 Å². The molecule has 0 fully saturated rings. The van der Waals surface area contributed by atoms with Crippen LogP contribution in [0.15, 0.2) is 36.4 Å². The molecule has 0 saturated heterocycles. The molecule has 0 bridgehead atoms. The van der Waals surface area contributed by atoms with Gasteiger partial charge in [-0.05, 0) is 36.4 Å². The molecule has 2 nitrogen and oxygen atoms in total. The minimum absolute atomic E-state index is 0.795. The number of hydrogen-bond acceptors (Lipinski definition) is 3. The summed E-state index contributed by atoms with van der Waals surface area (Å²) in [5.41, 5.74) is 1.07. The summed E-state index contributed by atoms with van der Waals surface area (Å²) in [5.74, 6) is 0.865. The number of benzene rings is 1. The molecule has 1 heterocycles. The largest absolute Gasteiger partial charge is 0.497 e. The minimum atomic E-state index is 0.795. The summed E-state index contributed by atoms with van der Waals surface area (Å²) in [6.45, 7) is 0.795. The van der Waals surface area contributed by atoms with Gasteiger partial charge in [-0.1, -0.05) is 11.6 Å². The Labute approximate surface area is 104 Å². The molecular formula is C12H12ClNOS. The maximum atomic E-state index is 5.86. The van der Waals surface area contributed by atoms with Gasteiger partial charge in [0.2, 0.25) is 0 Å². The predicted molar refractivity (Wildman–Crippen MR) is 69.6 cm³/mol. The van der Waals surface area contributed by atoms with Gasteiger partial charge < -0.3 is 10.1 Å². The van der Waals surface area contributed by atoms with Gasteiger partial charge in [-0.25, -0.2) is 0 Å². The highest BCUT2D eigenvalue weighted by Gasteiger charge is 1.98. The first kappa shape index (κ1) is 11.3. The number of halogens is 1. The average Bonchev–Trinajstić information content (AvgIpc) is 2.73. The van der Waals surface area contributed by atoms with Gasteiger partial charge in [0.25, 0.3) is 0 Å². The Morgan fingerprint density at radius 3 is 2.50 bits per heavy atom. The van der Waals surface area contributed by atoms with Gasteiger partial charge in [-0.2, -0.15) is 0 Å². The molecule has 1 aromatic carbocycles. The lowest BCUT2D eigenvalue weighted by molar-refractivity contribution is 0.415. The van der Waals surface area contributed by atoms with E-state index < -0.39 is 0 Å². The molecule has 1 N–H and O–H groups in total. The third-order valence-electron chi connectivity index (χ3n) is 2.19. The smallest absolute Gasteiger partial charge is 0.119 e. The first-order valence-corrected chi connectivity index (χ1v) is 6.09. The van der Waals surface area contributed by atoms with Crippen molar-refractivity contribution in [3.63, 3.8) is 0 Å². The number of rotatable bonds is 4. The molecule has 84 valence electrons. The summed E-state index contributed by atoms with van der Waals surface area (Å²) in [5, 5.41) is 3.32. The van der Waals surface area contributed by atoms with Crippen molar-refractivity contribution in [2.24, 2.45) is 0 Å². The molecule has 2 aromatic rings. The highest BCUT2D eigenvalue weighted by atomic mass is 35.5. The van der Waals surface area contributed by atoms with Gasteiger partial charge in [0.05, 0.1) is 11.4 Å². The van der Waals surface area contributed by atoms with Crippen LogP contribution in [-0.2, 0) is 6.54 Å². The summed E-state index contributed by atoms with van der Waals surface area (Å²) < 4.78 is 5.92. The van der Waals surface area contributed by atoms with Crippen molar-refractivity contribution in [2.45, 2.75) is 6.54 Å². The van der Waals surface area contributed by atoms with E-state index in [4.69, 9.17) is 16.3 Å². The summed E-state index contributed by atoms with van der Waals surface area (Å²) in [6, 6.07) is 11.8. The van der Waals surface area contributed by atoms with E-state index in [9.17, 15) is 0 Å². The SMILES string of the molecule is COc1ccc(NCc2ccc(Cl)s2)cc1. The second-order valence-corrected chi connectivity index (χ2v) is 5.09. The van der Waals surface area contributed by atoms with Crippen LogP contribution in [0, 0.1) is 0 Å². The summed E-state index contributed by atoms with van der Waals surface area (Å²) in [7, 11) is 1.66. The number of ether oxygens (including phenoxy) is 1. The van der Waals surface area contributed by atoms with E-state index in [1.54, 1.807) is 18.4 Å². The highest BCUT2D eigenvalue weighted by Crippen LogP contribution is 2.22. The molecule has 0 amide bonds. The van der Waals surface area contributed by atoms with E-state index in [2.05, 4.69) is 5.32 Å². The van der Waals surface area contributed by atoms with Crippen molar-refractivity contribution in [3.05, 3.63) is 45.6 Å². The van der Waals surface area contributed by atoms with E-state index in [1.807, 2.05) is 36.4 Å². The molecule has 0 spiro atoms. The lowest BCUT2D eigenvalue weighted by Crippen LogP contribution is -1.96. The van der Waals surface area contributed by atoms with Crippen molar-refractivity contribution < 1.29 is 4.74 Å². The molecule has 0 aliphatic carbocycles. The van der Waals surface area contributed by atoms with Crippen LogP contribution in [0.4, 0.5) is 5.69 Å². The fraction of sp³-hybridized carbons (Fsp3) is 0.167. The zero-order valence-corrected chi connectivity index (χ0v) is 10.4. The fourth-order valence-corrected chi connectivity index (χ4v) is 2.37. The third kappa shape index (κ3) is 2.90. The van der Waals surface area contributed by atoms with E-state index in [0.29, 0.717) is 0 Å². The quantitative estimate of drug-likeness (QED) is 0.889. The maximum Gasteiger partial charge on any atom is 0.119 e. The summed E-state index contributed by atoms with van der Waals surface area (Å²) in [6.07, 6.45) is 0. The van der Waals surface area contributed by atoms with E-state index in [-0.39, 0.29) is 0 Å². The van der Waals surface area contributed by atoms with Crippen molar-refractivity contribution >= 4 is 28.6 Å². The molecule has 2 rings (SSSR count). The number of hydrogen-bond donors (Lipinski definition) is 1. The molecule has 0 saturated carbocycles. The zero-order valence-electron chi connectivity index (χ0n) is 8.87. The minimum Gasteiger partial charge on any atom is -0.497 e. The molecule has 0 aliphatic rings. The van der Waals surface area contributed by atoms with Crippen LogP contribution in [0.3, 0.4) is 0 Å². The first-order chi connectivity index (χ1) is 7.78. The Balaban J connectivity index is 1.94. The molecule has 0 aliphatic heterocycles. The van der Waals surface area contributed by atoms with Crippen molar-refractivity contribution in [1.82, 2.24) is 0 Å². The summed E-state index contributed by atoms with van der Waals surface area (Å²) >= 11 is 7.45. The van der Waals surface area contributed by atoms with E-state index in [1.165, 1.54) is 4.88 Å². The second-order valence-electron chi connectivity index (χ2n) is 3.29. The standard InChI is InChI=1S/C12H12ClNOS/c1-15-10-4-2-9(3-5-10)14-8-11-6-7-12(13)16-11/h2-7,14H,8H2,1H3. The number of thiophene rings is 1. The Morgan fingerprint density at radius 2 is 1.94 bits per heavy atom. The number of methoxy groups -OCH3 is 1. The van der Waals surface area contributed by atoms with Crippen LogP contribution in [0.1, 0.15) is 4.88 Å². The van der Waals surface area contributed by atoms with Crippen molar-refractivity contribution in [1.29, 1.82) is 0 Å². The lowest BCUT2D eigenvalue weighted by atomic mass is 10.3. The monoisotopic (exact) mass is 253 g/mol. The lowest BCUT2D eigenvalue weighted by Gasteiger charge is -2.05. The third-order valence-corrected chi connectivity index (χ3v) is 3.42. The Morgan fingerprint density at radius 1 is 1.19 bits per heavy atom. The Bertz CT molecular complexity index is 452. The number of anilines is 1. The van der Waals surface area contributed by atoms with Crippen molar-refractivity contribution in [2.75, 3.05) is 12.4 Å². The number of nitrogens with one attached hydrogen (secondary N) is 1. The summed E-state index contributed by atoms with van der Waals surface area (Å²) in [4.78, 5) is 1.22. The zero-order chi connectivity index (χ0) is 11.4. The Kier molecular flexibility index (Phi) is 3.70. The molecule has 0 atom stereocenters. The van der Waals surface area contributed by atoms with Crippen LogP contribution in [0.25, 0.3) is 0 Å². The van der Waals surface area contributed by atoms with E-state index in [0.717, 1.165) is 22.3 Å². The van der Waals surface area contributed by atoms with Gasteiger partial charge in [0, 0.05) is 17.1 Å². The van der Waals surface area contributed by atoms with E-state index >= 15 is 0 Å². The van der Waals surface area contributed by atoms with Gasteiger partial charge in [0.1, 0.15) is 5.75 Å². The first-order valence-electron chi connectivity index (χ1n) is 4.90. The van der Waals surface area contributed by atoms with Crippen LogP contribution < -0.4 is 10.1 Å². The van der Waals surface area contributed by atoms with Crippen LogP contribution in [0.2, 0.25) is 4.34 Å². The second kappa shape index (κ2) is 5.23. The molecule has 1 aromatic heterocycles. The van der Waals surface area contributed by atoms with Gasteiger partial charge in [-0.3, -0.25) is 0 Å². The molecular weight excluding hydrogens is 242 g/mol.